The Morgan fingerprint density at radius 2 is 2.05 bits per heavy atom. The monoisotopic (exact) mass is 299 g/mol. The van der Waals surface area contributed by atoms with Gasteiger partial charge >= 0.3 is 6.03 Å². The molecule has 0 aromatic heterocycles. The van der Waals surface area contributed by atoms with Crippen LogP contribution in [0.2, 0.25) is 5.02 Å². The summed E-state index contributed by atoms with van der Waals surface area (Å²) in [6, 6.07) is 7.47. The van der Waals surface area contributed by atoms with Gasteiger partial charge in [-0.1, -0.05) is 29.8 Å². The van der Waals surface area contributed by atoms with Gasteiger partial charge in [-0.15, -0.1) is 0 Å². The molecule has 1 atom stereocenters. The van der Waals surface area contributed by atoms with Crippen LogP contribution in [0.3, 0.4) is 0 Å². The Labute approximate surface area is 125 Å². The lowest BCUT2D eigenvalue weighted by atomic mass is 10.1. The quantitative estimate of drug-likeness (QED) is 0.756. The van der Waals surface area contributed by atoms with Gasteiger partial charge in [-0.2, -0.15) is 0 Å². The number of likely N-dealkylation sites (N-methyl/N-ethyl adjacent to an activating group) is 1. The van der Waals surface area contributed by atoms with Crippen LogP contribution in [0.1, 0.15) is 11.6 Å². The van der Waals surface area contributed by atoms with Crippen molar-refractivity contribution < 1.29 is 9.53 Å². The summed E-state index contributed by atoms with van der Waals surface area (Å²) in [5.74, 6) is 0. The Balaban J connectivity index is 2.57. The zero-order chi connectivity index (χ0) is 15.0. The van der Waals surface area contributed by atoms with Crippen molar-refractivity contribution in [2.75, 3.05) is 40.9 Å². The van der Waals surface area contributed by atoms with Crippen molar-refractivity contribution in [3.05, 3.63) is 34.9 Å². The molecule has 6 heteroatoms. The van der Waals surface area contributed by atoms with Crippen LogP contribution in [0.25, 0.3) is 0 Å². The average molecular weight is 300 g/mol. The number of benzene rings is 1. The maximum absolute atomic E-state index is 11.6. The zero-order valence-corrected chi connectivity index (χ0v) is 12.9. The molecule has 20 heavy (non-hydrogen) atoms. The van der Waals surface area contributed by atoms with Gasteiger partial charge in [0.15, 0.2) is 0 Å². The molecular weight excluding hydrogens is 278 g/mol. The highest BCUT2D eigenvalue weighted by molar-refractivity contribution is 6.31. The fraction of sp³-hybridized carbons (Fsp3) is 0.500. The van der Waals surface area contributed by atoms with Crippen molar-refractivity contribution in [3.8, 4) is 0 Å². The number of methoxy groups -OCH3 is 1. The lowest BCUT2D eigenvalue weighted by molar-refractivity contribution is 0.194. The maximum Gasteiger partial charge on any atom is 0.314 e. The second-order valence-corrected chi connectivity index (χ2v) is 5.04. The number of ether oxygens (including phenoxy) is 1. The van der Waals surface area contributed by atoms with E-state index in [1.165, 1.54) is 0 Å². The number of hydrogen-bond donors (Lipinski definition) is 2. The first kappa shape index (κ1) is 16.8. The summed E-state index contributed by atoms with van der Waals surface area (Å²) in [5.41, 5.74) is 0.997. The van der Waals surface area contributed by atoms with Gasteiger partial charge < -0.3 is 20.3 Å². The summed E-state index contributed by atoms with van der Waals surface area (Å²) >= 11 is 6.21. The summed E-state index contributed by atoms with van der Waals surface area (Å²) < 4.78 is 4.87. The van der Waals surface area contributed by atoms with E-state index in [-0.39, 0.29) is 12.1 Å². The fourth-order valence-corrected chi connectivity index (χ4v) is 2.10. The normalized spacial score (nSPS) is 12.2. The van der Waals surface area contributed by atoms with Gasteiger partial charge in [0.25, 0.3) is 0 Å². The first-order valence-electron chi connectivity index (χ1n) is 6.47. The van der Waals surface area contributed by atoms with E-state index in [0.717, 1.165) is 5.56 Å². The van der Waals surface area contributed by atoms with Crippen LogP contribution in [-0.4, -0.2) is 51.8 Å². The molecule has 2 amide bonds. The van der Waals surface area contributed by atoms with Crippen molar-refractivity contribution in [2.45, 2.75) is 6.04 Å². The first-order valence-corrected chi connectivity index (χ1v) is 6.85. The summed E-state index contributed by atoms with van der Waals surface area (Å²) in [4.78, 5) is 13.7. The predicted molar refractivity (Wildman–Crippen MR) is 81.2 cm³/mol. The number of halogens is 1. The van der Waals surface area contributed by atoms with E-state index in [0.29, 0.717) is 24.7 Å². The smallest absolute Gasteiger partial charge is 0.314 e. The van der Waals surface area contributed by atoms with Crippen molar-refractivity contribution in [1.82, 2.24) is 15.5 Å². The minimum absolute atomic E-state index is 0.0249. The summed E-state index contributed by atoms with van der Waals surface area (Å²) in [6.07, 6.45) is 0. The third kappa shape index (κ3) is 5.36. The Bertz CT molecular complexity index is 427. The Morgan fingerprint density at radius 3 is 2.65 bits per heavy atom. The molecule has 0 bridgehead atoms. The maximum atomic E-state index is 11.6. The van der Waals surface area contributed by atoms with Gasteiger partial charge in [0, 0.05) is 25.2 Å². The van der Waals surface area contributed by atoms with Crippen molar-refractivity contribution in [1.29, 1.82) is 0 Å². The molecule has 1 aromatic carbocycles. The summed E-state index contributed by atoms with van der Waals surface area (Å²) in [7, 11) is 5.51. The van der Waals surface area contributed by atoms with Crippen molar-refractivity contribution in [2.24, 2.45) is 0 Å². The van der Waals surface area contributed by atoms with Crippen LogP contribution < -0.4 is 10.6 Å². The zero-order valence-electron chi connectivity index (χ0n) is 12.1. The van der Waals surface area contributed by atoms with Crippen LogP contribution in [0.5, 0.6) is 0 Å². The molecular formula is C14H22ClN3O2. The number of amides is 2. The molecule has 0 saturated carbocycles. The van der Waals surface area contributed by atoms with E-state index in [4.69, 9.17) is 16.3 Å². The molecule has 0 spiro atoms. The van der Waals surface area contributed by atoms with Crippen LogP contribution >= 0.6 is 11.6 Å². The number of hydrogen-bond acceptors (Lipinski definition) is 3. The Kier molecular flexibility index (Phi) is 7.36. The van der Waals surface area contributed by atoms with E-state index in [2.05, 4.69) is 10.6 Å². The third-order valence-corrected chi connectivity index (χ3v) is 3.28. The number of nitrogens with zero attached hydrogens (tertiary/aromatic N) is 1. The van der Waals surface area contributed by atoms with Gasteiger partial charge in [-0.05, 0) is 25.7 Å². The predicted octanol–water partition coefficient (Wildman–Crippen LogP) is 1.89. The van der Waals surface area contributed by atoms with Crippen LogP contribution in [0, 0.1) is 0 Å². The first-order chi connectivity index (χ1) is 9.56. The number of urea groups is 1. The molecule has 1 unspecified atom stereocenters. The van der Waals surface area contributed by atoms with E-state index in [1.807, 2.05) is 43.3 Å². The van der Waals surface area contributed by atoms with E-state index in [1.54, 1.807) is 7.11 Å². The van der Waals surface area contributed by atoms with E-state index in [9.17, 15) is 4.79 Å². The molecule has 0 fully saturated rings. The third-order valence-electron chi connectivity index (χ3n) is 2.94. The van der Waals surface area contributed by atoms with Crippen molar-refractivity contribution in [3.63, 3.8) is 0 Å². The topological polar surface area (TPSA) is 53.6 Å². The van der Waals surface area contributed by atoms with Crippen LogP contribution in [-0.2, 0) is 4.74 Å². The van der Waals surface area contributed by atoms with Gasteiger partial charge in [0.05, 0.1) is 12.6 Å². The molecule has 2 N–H and O–H groups in total. The van der Waals surface area contributed by atoms with Crippen LogP contribution in [0.15, 0.2) is 24.3 Å². The molecule has 0 radical (unpaired) electrons. The minimum atomic E-state index is -0.207. The summed E-state index contributed by atoms with van der Waals surface area (Å²) in [5, 5.41) is 6.26. The number of carbonyl (C=O) groups is 1. The van der Waals surface area contributed by atoms with Gasteiger partial charge in [-0.3, -0.25) is 0 Å². The SMILES string of the molecule is COCCNC(=O)NCC(c1ccccc1Cl)N(C)C. The Hall–Kier alpha value is -1.30. The lowest BCUT2D eigenvalue weighted by Gasteiger charge is -2.26. The second-order valence-electron chi connectivity index (χ2n) is 4.63. The highest BCUT2D eigenvalue weighted by Gasteiger charge is 2.17. The Morgan fingerprint density at radius 1 is 1.35 bits per heavy atom. The van der Waals surface area contributed by atoms with Gasteiger partial charge in [0.2, 0.25) is 0 Å². The molecule has 0 aliphatic carbocycles. The van der Waals surface area contributed by atoms with E-state index >= 15 is 0 Å². The molecule has 1 aromatic rings. The average Bonchev–Trinajstić information content (AvgIpc) is 2.41. The molecule has 5 nitrogen and oxygen atoms in total. The van der Waals surface area contributed by atoms with Gasteiger partial charge in [0.1, 0.15) is 0 Å². The lowest BCUT2D eigenvalue weighted by Crippen LogP contribution is -2.41. The summed E-state index contributed by atoms with van der Waals surface area (Å²) in [6.45, 7) is 1.46. The highest BCUT2D eigenvalue weighted by Crippen LogP contribution is 2.25. The standard InChI is InChI=1S/C14H22ClN3O2/c1-18(2)13(11-6-4-5-7-12(11)15)10-17-14(19)16-8-9-20-3/h4-7,13H,8-10H2,1-3H3,(H2,16,17,19). The molecule has 0 saturated heterocycles. The van der Waals surface area contributed by atoms with Gasteiger partial charge in [-0.25, -0.2) is 4.79 Å². The number of rotatable bonds is 7. The molecule has 0 aliphatic rings. The second kappa shape index (κ2) is 8.79. The number of carbonyl (C=O) groups excluding carboxylic acids is 1. The fourth-order valence-electron chi connectivity index (χ4n) is 1.83. The molecule has 0 heterocycles. The molecule has 0 aliphatic heterocycles. The molecule has 1 rings (SSSR count). The van der Waals surface area contributed by atoms with Crippen LogP contribution in [0.4, 0.5) is 4.79 Å². The van der Waals surface area contributed by atoms with E-state index < -0.39 is 0 Å². The largest absolute Gasteiger partial charge is 0.383 e. The minimum Gasteiger partial charge on any atom is -0.383 e. The molecule has 112 valence electrons. The van der Waals surface area contributed by atoms with Crippen molar-refractivity contribution >= 4 is 17.6 Å². The number of nitrogens with one attached hydrogen (secondary N) is 2. The highest BCUT2D eigenvalue weighted by atomic mass is 35.5.